The molecule has 1 nitrogen and oxygen atoms in total. The van der Waals surface area contributed by atoms with E-state index in [1.54, 1.807) is 0 Å². The number of piperidine rings is 1. The molecule has 0 aromatic carbocycles. The van der Waals surface area contributed by atoms with Crippen molar-refractivity contribution in [2.24, 2.45) is 5.92 Å². The van der Waals surface area contributed by atoms with Crippen molar-refractivity contribution < 1.29 is 0 Å². The molecular formula is C8H14IN. The second-order valence-electron chi connectivity index (χ2n) is 3.43. The van der Waals surface area contributed by atoms with Gasteiger partial charge in [-0.3, -0.25) is 0 Å². The number of likely N-dealkylation sites (tertiary alicyclic amines) is 1. The minimum atomic E-state index is 1.03. The highest BCUT2D eigenvalue weighted by atomic mass is 127. The fourth-order valence-electron chi connectivity index (χ4n) is 2.03. The number of fused-ring (bicyclic) bond motifs is 1. The van der Waals surface area contributed by atoms with Crippen LogP contribution in [0.2, 0.25) is 0 Å². The average molecular weight is 251 g/mol. The van der Waals surface area contributed by atoms with Gasteiger partial charge in [-0.1, -0.05) is 22.6 Å². The van der Waals surface area contributed by atoms with E-state index in [-0.39, 0.29) is 0 Å². The minimum absolute atomic E-state index is 1.03. The molecule has 1 aliphatic heterocycles. The smallest absolute Gasteiger partial charge is 0.0128 e. The van der Waals surface area contributed by atoms with E-state index in [1.807, 2.05) is 0 Å². The van der Waals surface area contributed by atoms with Gasteiger partial charge in [0.05, 0.1) is 0 Å². The van der Waals surface area contributed by atoms with E-state index in [0.29, 0.717) is 0 Å². The molecule has 0 aromatic heterocycles. The molecule has 2 unspecified atom stereocenters. The number of halogens is 1. The standard InChI is InChI=1S/C8H14IN/c9-3-1-4-10-5-2-7-6-8(7)10/h7-8H,1-6H2. The molecule has 0 spiro atoms. The van der Waals surface area contributed by atoms with Crippen molar-refractivity contribution >= 4 is 22.6 Å². The quantitative estimate of drug-likeness (QED) is 0.547. The molecule has 58 valence electrons. The summed E-state index contributed by atoms with van der Waals surface area (Å²) >= 11 is 2.47. The van der Waals surface area contributed by atoms with E-state index in [9.17, 15) is 0 Å². The molecule has 1 heterocycles. The number of hydrogen-bond acceptors (Lipinski definition) is 1. The predicted molar refractivity (Wildman–Crippen MR) is 51.6 cm³/mol. The van der Waals surface area contributed by atoms with Crippen molar-refractivity contribution in [1.82, 2.24) is 4.90 Å². The van der Waals surface area contributed by atoms with Gasteiger partial charge in [0, 0.05) is 10.5 Å². The van der Waals surface area contributed by atoms with Gasteiger partial charge in [0.25, 0.3) is 0 Å². The van der Waals surface area contributed by atoms with Gasteiger partial charge >= 0.3 is 0 Å². The molecule has 2 rings (SSSR count). The third-order valence-corrected chi connectivity index (χ3v) is 3.48. The summed E-state index contributed by atoms with van der Waals surface area (Å²) in [6.45, 7) is 2.76. The molecule has 0 N–H and O–H groups in total. The van der Waals surface area contributed by atoms with E-state index in [1.165, 1.54) is 36.8 Å². The molecule has 2 fully saturated rings. The number of alkyl halides is 1. The summed E-state index contributed by atoms with van der Waals surface area (Å²) in [4.78, 5) is 2.68. The molecule has 0 bridgehead atoms. The van der Waals surface area contributed by atoms with E-state index < -0.39 is 0 Å². The Kier molecular flexibility index (Phi) is 2.18. The van der Waals surface area contributed by atoms with Crippen LogP contribution >= 0.6 is 22.6 Å². The van der Waals surface area contributed by atoms with Crippen LogP contribution in [0.3, 0.4) is 0 Å². The van der Waals surface area contributed by atoms with Gasteiger partial charge in [0.1, 0.15) is 0 Å². The summed E-state index contributed by atoms with van der Waals surface area (Å²) in [5.41, 5.74) is 0. The summed E-state index contributed by atoms with van der Waals surface area (Å²) in [5.74, 6) is 1.12. The first kappa shape index (κ1) is 7.35. The lowest BCUT2D eigenvalue weighted by Crippen LogP contribution is -2.24. The van der Waals surface area contributed by atoms with Gasteiger partial charge in [0.2, 0.25) is 0 Å². The minimum Gasteiger partial charge on any atom is -0.300 e. The lowest BCUT2D eigenvalue weighted by atomic mass is 10.3. The fraction of sp³-hybridized carbons (Fsp3) is 1.00. The lowest BCUT2D eigenvalue weighted by Gasteiger charge is -2.15. The van der Waals surface area contributed by atoms with Gasteiger partial charge in [0.15, 0.2) is 0 Å². The second-order valence-corrected chi connectivity index (χ2v) is 4.51. The van der Waals surface area contributed by atoms with Crippen molar-refractivity contribution in [2.45, 2.75) is 25.3 Å². The molecular weight excluding hydrogens is 237 g/mol. The zero-order valence-corrected chi connectivity index (χ0v) is 8.38. The zero-order valence-electron chi connectivity index (χ0n) is 6.22. The molecule has 2 heteroatoms. The number of rotatable bonds is 3. The Morgan fingerprint density at radius 2 is 2.40 bits per heavy atom. The van der Waals surface area contributed by atoms with Crippen LogP contribution in [0.1, 0.15) is 19.3 Å². The Bertz CT molecular complexity index is 126. The van der Waals surface area contributed by atoms with Crippen molar-refractivity contribution in [3.05, 3.63) is 0 Å². The van der Waals surface area contributed by atoms with E-state index in [2.05, 4.69) is 27.5 Å². The van der Waals surface area contributed by atoms with Crippen molar-refractivity contribution in [2.75, 3.05) is 17.5 Å². The van der Waals surface area contributed by atoms with E-state index in [0.717, 1.165) is 12.0 Å². The van der Waals surface area contributed by atoms with Crippen LogP contribution in [0.5, 0.6) is 0 Å². The maximum atomic E-state index is 2.68. The molecule has 10 heavy (non-hydrogen) atoms. The van der Waals surface area contributed by atoms with Gasteiger partial charge in [-0.25, -0.2) is 0 Å². The van der Waals surface area contributed by atoms with Crippen LogP contribution < -0.4 is 0 Å². The molecule has 0 amide bonds. The van der Waals surface area contributed by atoms with Gasteiger partial charge in [-0.05, 0) is 38.3 Å². The van der Waals surface area contributed by atoms with Gasteiger partial charge in [-0.2, -0.15) is 0 Å². The lowest BCUT2D eigenvalue weighted by molar-refractivity contribution is 0.302. The highest BCUT2D eigenvalue weighted by molar-refractivity contribution is 14.1. The molecule has 2 aliphatic rings. The Morgan fingerprint density at radius 3 is 2.90 bits per heavy atom. The second kappa shape index (κ2) is 2.97. The third kappa shape index (κ3) is 1.33. The summed E-state index contributed by atoms with van der Waals surface area (Å²) in [7, 11) is 0. The van der Waals surface area contributed by atoms with Crippen molar-refractivity contribution in [3.63, 3.8) is 0 Å². The Hall–Kier alpha value is 0.690. The zero-order chi connectivity index (χ0) is 6.97. The molecule has 2 atom stereocenters. The maximum absolute atomic E-state index is 2.68. The van der Waals surface area contributed by atoms with E-state index in [4.69, 9.17) is 0 Å². The SMILES string of the molecule is ICCCN1CCC2CC21. The number of nitrogens with zero attached hydrogens (tertiary/aromatic N) is 1. The maximum Gasteiger partial charge on any atom is 0.0128 e. The summed E-state index contributed by atoms with van der Waals surface area (Å²) in [6, 6.07) is 1.03. The van der Waals surface area contributed by atoms with E-state index >= 15 is 0 Å². The predicted octanol–water partition coefficient (Wildman–Crippen LogP) is 1.91. The molecule has 0 aromatic rings. The average Bonchev–Trinajstić information content (AvgIpc) is 2.63. The Morgan fingerprint density at radius 1 is 1.50 bits per heavy atom. The molecule has 1 saturated carbocycles. The van der Waals surface area contributed by atoms with Crippen LogP contribution in [0.15, 0.2) is 0 Å². The summed E-state index contributed by atoms with van der Waals surface area (Å²) in [5, 5.41) is 0. The Balaban J connectivity index is 1.72. The highest BCUT2D eigenvalue weighted by Crippen LogP contribution is 2.44. The third-order valence-electron chi connectivity index (χ3n) is 2.72. The summed E-state index contributed by atoms with van der Waals surface area (Å²) < 4.78 is 1.33. The number of hydrogen-bond donors (Lipinski definition) is 0. The highest BCUT2D eigenvalue weighted by Gasteiger charge is 2.45. The summed E-state index contributed by atoms with van der Waals surface area (Å²) in [6.07, 6.45) is 4.40. The van der Waals surface area contributed by atoms with Crippen molar-refractivity contribution in [3.8, 4) is 0 Å². The molecule has 0 radical (unpaired) electrons. The normalized spacial score (nSPS) is 38.1. The van der Waals surface area contributed by atoms with Gasteiger partial charge in [-0.15, -0.1) is 0 Å². The fourth-order valence-corrected chi connectivity index (χ4v) is 2.37. The molecule has 1 saturated heterocycles. The first-order valence-electron chi connectivity index (χ1n) is 4.22. The Labute approximate surface area is 76.3 Å². The first-order valence-corrected chi connectivity index (χ1v) is 5.74. The van der Waals surface area contributed by atoms with Gasteiger partial charge < -0.3 is 4.90 Å². The first-order chi connectivity index (χ1) is 4.92. The largest absolute Gasteiger partial charge is 0.300 e. The topological polar surface area (TPSA) is 3.24 Å². The van der Waals surface area contributed by atoms with Crippen LogP contribution in [-0.2, 0) is 0 Å². The van der Waals surface area contributed by atoms with Crippen molar-refractivity contribution in [1.29, 1.82) is 0 Å². The van der Waals surface area contributed by atoms with Crippen LogP contribution in [0, 0.1) is 5.92 Å². The van der Waals surface area contributed by atoms with Crippen LogP contribution in [0.4, 0.5) is 0 Å². The van der Waals surface area contributed by atoms with Crippen LogP contribution in [-0.4, -0.2) is 28.5 Å². The monoisotopic (exact) mass is 251 g/mol. The molecule has 1 aliphatic carbocycles. The van der Waals surface area contributed by atoms with Crippen LogP contribution in [0.25, 0.3) is 0 Å².